The van der Waals surface area contributed by atoms with Crippen LogP contribution >= 0.6 is 0 Å². The number of nitrogens with zero attached hydrogens (tertiary/aromatic N) is 1. The van der Waals surface area contributed by atoms with Crippen molar-refractivity contribution in [2.75, 3.05) is 23.8 Å². The molecule has 0 aliphatic rings. The van der Waals surface area contributed by atoms with Crippen molar-refractivity contribution in [3.63, 3.8) is 0 Å². The van der Waals surface area contributed by atoms with E-state index >= 15 is 0 Å². The van der Waals surface area contributed by atoms with Gasteiger partial charge in [-0.05, 0) is 49.7 Å². The van der Waals surface area contributed by atoms with Crippen LogP contribution in [0.1, 0.15) is 42.5 Å². The Kier molecular flexibility index (Phi) is 7.83. The van der Waals surface area contributed by atoms with Crippen LogP contribution in [0.15, 0.2) is 54.6 Å². The van der Waals surface area contributed by atoms with E-state index in [4.69, 9.17) is 5.73 Å². The highest BCUT2D eigenvalue weighted by atomic mass is 16.2. The molecule has 0 heterocycles. The molecule has 0 saturated heterocycles. The zero-order valence-electron chi connectivity index (χ0n) is 15.3. The summed E-state index contributed by atoms with van der Waals surface area (Å²) in [7, 11) is 1.74. The van der Waals surface area contributed by atoms with E-state index in [0.717, 1.165) is 31.4 Å². The number of amides is 2. The van der Waals surface area contributed by atoms with Crippen molar-refractivity contribution >= 4 is 23.2 Å². The molecule has 2 aromatic carbocycles. The summed E-state index contributed by atoms with van der Waals surface area (Å²) in [6.07, 6.45) is 4.39. The van der Waals surface area contributed by atoms with Crippen LogP contribution < -0.4 is 16.0 Å². The highest BCUT2D eigenvalue weighted by Crippen LogP contribution is 2.17. The Labute approximate surface area is 155 Å². The maximum atomic E-state index is 12.7. The topological polar surface area (TPSA) is 75.4 Å². The van der Waals surface area contributed by atoms with E-state index in [1.807, 2.05) is 30.3 Å². The van der Waals surface area contributed by atoms with Gasteiger partial charge in [0.1, 0.15) is 0 Å². The molecule has 0 aliphatic carbocycles. The SMILES string of the molecule is CN(C(=O)c1cccc(NC(=O)CCCCCCN)c1)c1ccccc1. The van der Waals surface area contributed by atoms with Gasteiger partial charge in [-0.15, -0.1) is 0 Å². The Bertz CT molecular complexity index is 716. The number of benzene rings is 2. The standard InChI is InChI=1S/C21H27N3O2/c1-24(19-12-5-4-6-13-19)21(26)17-10-9-11-18(16-17)23-20(25)14-7-2-3-8-15-22/h4-6,9-13,16H,2-3,7-8,14-15,22H2,1H3,(H,23,25). The Hall–Kier alpha value is -2.66. The summed E-state index contributed by atoms with van der Waals surface area (Å²) in [5.74, 6) is -0.146. The van der Waals surface area contributed by atoms with Crippen molar-refractivity contribution in [1.29, 1.82) is 0 Å². The predicted octanol–water partition coefficient (Wildman–Crippen LogP) is 3.81. The third-order valence-corrected chi connectivity index (χ3v) is 4.20. The van der Waals surface area contributed by atoms with Crippen molar-refractivity contribution in [3.05, 3.63) is 60.2 Å². The number of carbonyl (C=O) groups excluding carboxylic acids is 2. The fourth-order valence-electron chi connectivity index (χ4n) is 2.70. The van der Waals surface area contributed by atoms with E-state index < -0.39 is 0 Å². The maximum Gasteiger partial charge on any atom is 0.258 e. The number of hydrogen-bond acceptors (Lipinski definition) is 3. The van der Waals surface area contributed by atoms with Crippen molar-refractivity contribution in [2.24, 2.45) is 5.73 Å². The van der Waals surface area contributed by atoms with Gasteiger partial charge >= 0.3 is 0 Å². The monoisotopic (exact) mass is 353 g/mol. The summed E-state index contributed by atoms with van der Waals surface area (Å²) in [6.45, 7) is 0.699. The van der Waals surface area contributed by atoms with Gasteiger partial charge in [-0.1, -0.05) is 37.1 Å². The van der Waals surface area contributed by atoms with Crippen LogP contribution in [-0.2, 0) is 4.79 Å². The molecule has 0 radical (unpaired) electrons. The number of nitrogens with two attached hydrogens (primary N) is 1. The second-order valence-electron chi connectivity index (χ2n) is 6.28. The summed E-state index contributed by atoms with van der Waals surface area (Å²) >= 11 is 0. The number of carbonyl (C=O) groups is 2. The summed E-state index contributed by atoms with van der Waals surface area (Å²) in [6, 6.07) is 16.5. The number of para-hydroxylation sites is 1. The van der Waals surface area contributed by atoms with Crippen LogP contribution in [0.3, 0.4) is 0 Å². The minimum atomic E-state index is -0.117. The van der Waals surface area contributed by atoms with Gasteiger partial charge in [-0.25, -0.2) is 0 Å². The lowest BCUT2D eigenvalue weighted by Crippen LogP contribution is -2.26. The average molecular weight is 353 g/mol. The van der Waals surface area contributed by atoms with Gasteiger partial charge in [0.05, 0.1) is 0 Å². The molecule has 0 spiro atoms. The quantitative estimate of drug-likeness (QED) is 0.673. The summed E-state index contributed by atoms with van der Waals surface area (Å²) in [5, 5.41) is 2.87. The fraction of sp³-hybridized carbons (Fsp3) is 0.333. The largest absolute Gasteiger partial charge is 0.330 e. The van der Waals surface area contributed by atoms with E-state index in [1.54, 1.807) is 36.2 Å². The van der Waals surface area contributed by atoms with Gasteiger partial charge in [0.15, 0.2) is 0 Å². The normalized spacial score (nSPS) is 10.4. The molecule has 138 valence electrons. The van der Waals surface area contributed by atoms with Gasteiger partial charge in [-0.3, -0.25) is 9.59 Å². The van der Waals surface area contributed by atoms with Crippen LogP contribution in [0.4, 0.5) is 11.4 Å². The molecule has 5 heteroatoms. The van der Waals surface area contributed by atoms with Gasteiger partial charge < -0.3 is 16.0 Å². The lowest BCUT2D eigenvalue weighted by Gasteiger charge is -2.17. The first-order valence-electron chi connectivity index (χ1n) is 9.05. The predicted molar refractivity (Wildman–Crippen MR) is 106 cm³/mol. The Morgan fingerprint density at radius 3 is 2.42 bits per heavy atom. The zero-order valence-corrected chi connectivity index (χ0v) is 15.3. The van der Waals surface area contributed by atoms with E-state index in [0.29, 0.717) is 24.2 Å². The molecular formula is C21H27N3O2. The molecule has 0 unspecified atom stereocenters. The second-order valence-corrected chi connectivity index (χ2v) is 6.28. The minimum absolute atomic E-state index is 0.0289. The molecule has 3 N–H and O–H groups in total. The number of rotatable bonds is 9. The first-order chi connectivity index (χ1) is 12.6. The summed E-state index contributed by atoms with van der Waals surface area (Å²) in [5.41, 5.74) is 7.46. The van der Waals surface area contributed by atoms with Gasteiger partial charge in [0, 0.05) is 30.4 Å². The third-order valence-electron chi connectivity index (χ3n) is 4.20. The van der Waals surface area contributed by atoms with Crippen LogP contribution in [0.5, 0.6) is 0 Å². The molecule has 0 aromatic heterocycles. The highest BCUT2D eigenvalue weighted by molar-refractivity contribution is 6.06. The molecule has 2 rings (SSSR count). The Morgan fingerprint density at radius 1 is 0.962 bits per heavy atom. The first-order valence-corrected chi connectivity index (χ1v) is 9.05. The maximum absolute atomic E-state index is 12.7. The van der Waals surface area contributed by atoms with Crippen LogP contribution in [0, 0.1) is 0 Å². The van der Waals surface area contributed by atoms with Gasteiger partial charge in [-0.2, -0.15) is 0 Å². The molecule has 0 bridgehead atoms. The smallest absolute Gasteiger partial charge is 0.258 e. The molecule has 26 heavy (non-hydrogen) atoms. The highest BCUT2D eigenvalue weighted by Gasteiger charge is 2.14. The van der Waals surface area contributed by atoms with Gasteiger partial charge in [0.2, 0.25) is 5.91 Å². The van der Waals surface area contributed by atoms with Crippen molar-refractivity contribution in [2.45, 2.75) is 32.1 Å². The van der Waals surface area contributed by atoms with E-state index in [9.17, 15) is 9.59 Å². The van der Waals surface area contributed by atoms with Gasteiger partial charge in [0.25, 0.3) is 5.91 Å². The summed E-state index contributed by atoms with van der Waals surface area (Å²) in [4.78, 5) is 26.3. The van der Waals surface area contributed by atoms with E-state index in [2.05, 4.69) is 5.32 Å². The van der Waals surface area contributed by atoms with E-state index in [-0.39, 0.29) is 11.8 Å². The van der Waals surface area contributed by atoms with Crippen LogP contribution in [0.25, 0.3) is 0 Å². The molecule has 5 nitrogen and oxygen atoms in total. The lowest BCUT2D eigenvalue weighted by atomic mass is 10.1. The molecule has 2 amide bonds. The molecule has 0 atom stereocenters. The van der Waals surface area contributed by atoms with Crippen LogP contribution in [0.2, 0.25) is 0 Å². The second kappa shape index (κ2) is 10.4. The molecule has 0 saturated carbocycles. The fourth-order valence-corrected chi connectivity index (χ4v) is 2.70. The molecule has 0 aliphatic heterocycles. The summed E-state index contributed by atoms with van der Waals surface area (Å²) < 4.78 is 0. The Morgan fingerprint density at radius 2 is 1.69 bits per heavy atom. The number of unbranched alkanes of at least 4 members (excludes halogenated alkanes) is 3. The first kappa shape index (κ1) is 19.7. The van der Waals surface area contributed by atoms with E-state index in [1.165, 1.54) is 0 Å². The molecule has 0 fully saturated rings. The minimum Gasteiger partial charge on any atom is -0.330 e. The third kappa shape index (κ3) is 6.01. The Balaban J connectivity index is 1.92. The zero-order chi connectivity index (χ0) is 18.8. The molecular weight excluding hydrogens is 326 g/mol. The average Bonchev–Trinajstić information content (AvgIpc) is 2.67. The van der Waals surface area contributed by atoms with Crippen LogP contribution in [-0.4, -0.2) is 25.4 Å². The lowest BCUT2D eigenvalue weighted by molar-refractivity contribution is -0.116. The molecule has 2 aromatic rings. The van der Waals surface area contributed by atoms with Crippen molar-refractivity contribution in [1.82, 2.24) is 0 Å². The van der Waals surface area contributed by atoms with Crippen molar-refractivity contribution in [3.8, 4) is 0 Å². The number of anilines is 2. The number of hydrogen-bond donors (Lipinski definition) is 2. The number of nitrogens with one attached hydrogen (secondary N) is 1. The van der Waals surface area contributed by atoms with Crippen molar-refractivity contribution < 1.29 is 9.59 Å².